The molecule has 2 heterocycles. The van der Waals surface area contributed by atoms with E-state index in [1.54, 1.807) is 0 Å². The molecular formula is C6H9NO3. The normalized spacial score (nSPS) is 45.4. The van der Waals surface area contributed by atoms with Crippen molar-refractivity contribution in [2.45, 2.75) is 24.7 Å². The molecule has 0 bridgehead atoms. The Morgan fingerprint density at radius 1 is 1.40 bits per heavy atom. The molecule has 0 aromatic rings. The molecule has 0 N–H and O–H groups in total. The van der Waals surface area contributed by atoms with Gasteiger partial charge in [0.2, 0.25) is 0 Å². The topological polar surface area (TPSA) is 47.9 Å². The standard InChI is InChI=1S/C6H9NO3/c8-7-4-3-10-5-1-2-9-6(4)5/h4-6H,1-3H2/t4?,5-,6-/m1/s1. The van der Waals surface area contributed by atoms with Crippen LogP contribution in [0, 0.1) is 4.91 Å². The van der Waals surface area contributed by atoms with Crippen LogP contribution in [0.4, 0.5) is 0 Å². The molecular weight excluding hydrogens is 134 g/mol. The van der Waals surface area contributed by atoms with Gasteiger partial charge in [0.05, 0.1) is 12.7 Å². The average molecular weight is 143 g/mol. The summed E-state index contributed by atoms with van der Waals surface area (Å²) < 4.78 is 10.5. The first-order chi connectivity index (χ1) is 4.92. The van der Waals surface area contributed by atoms with Crippen molar-refractivity contribution in [2.75, 3.05) is 13.2 Å². The third kappa shape index (κ3) is 0.759. The van der Waals surface area contributed by atoms with E-state index in [2.05, 4.69) is 5.18 Å². The molecule has 0 radical (unpaired) electrons. The van der Waals surface area contributed by atoms with Gasteiger partial charge >= 0.3 is 0 Å². The van der Waals surface area contributed by atoms with Gasteiger partial charge in [0.25, 0.3) is 0 Å². The lowest BCUT2D eigenvalue weighted by Crippen LogP contribution is -2.25. The van der Waals surface area contributed by atoms with Gasteiger partial charge in [-0.05, 0) is 6.42 Å². The molecule has 2 fully saturated rings. The summed E-state index contributed by atoms with van der Waals surface area (Å²) in [5, 5.41) is 2.93. The Kier molecular flexibility index (Phi) is 1.43. The van der Waals surface area contributed by atoms with E-state index in [-0.39, 0.29) is 18.2 Å². The maximum atomic E-state index is 10.1. The first kappa shape index (κ1) is 6.24. The molecule has 10 heavy (non-hydrogen) atoms. The first-order valence-electron chi connectivity index (χ1n) is 3.47. The monoisotopic (exact) mass is 143 g/mol. The van der Waals surface area contributed by atoms with E-state index >= 15 is 0 Å². The fourth-order valence-electron chi connectivity index (χ4n) is 1.54. The number of rotatable bonds is 1. The van der Waals surface area contributed by atoms with E-state index in [0.29, 0.717) is 13.2 Å². The Morgan fingerprint density at radius 3 is 3.10 bits per heavy atom. The zero-order chi connectivity index (χ0) is 6.97. The predicted molar refractivity (Wildman–Crippen MR) is 33.7 cm³/mol. The van der Waals surface area contributed by atoms with Gasteiger partial charge in [-0.15, -0.1) is 0 Å². The molecule has 3 atom stereocenters. The smallest absolute Gasteiger partial charge is 0.144 e. The summed E-state index contributed by atoms with van der Waals surface area (Å²) in [6.07, 6.45) is 1.01. The quantitative estimate of drug-likeness (QED) is 0.496. The SMILES string of the molecule is O=NC1CO[C@@H]2CCO[C@H]12. The third-order valence-corrected chi connectivity index (χ3v) is 2.07. The van der Waals surface area contributed by atoms with Crippen molar-refractivity contribution in [3.63, 3.8) is 0 Å². The minimum absolute atomic E-state index is 0.0440. The molecule has 0 saturated carbocycles. The molecule has 0 spiro atoms. The highest BCUT2D eigenvalue weighted by Crippen LogP contribution is 2.27. The molecule has 2 saturated heterocycles. The van der Waals surface area contributed by atoms with Crippen LogP contribution in [0.5, 0.6) is 0 Å². The molecule has 4 heteroatoms. The third-order valence-electron chi connectivity index (χ3n) is 2.07. The highest BCUT2D eigenvalue weighted by atomic mass is 16.6. The zero-order valence-corrected chi connectivity index (χ0v) is 5.53. The molecule has 2 aliphatic heterocycles. The van der Waals surface area contributed by atoms with Crippen LogP contribution in [0.3, 0.4) is 0 Å². The van der Waals surface area contributed by atoms with Gasteiger partial charge in [-0.3, -0.25) is 0 Å². The number of fused-ring (bicyclic) bond motifs is 1. The second-order valence-electron chi connectivity index (χ2n) is 2.67. The van der Waals surface area contributed by atoms with Crippen molar-refractivity contribution in [3.05, 3.63) is 4.91 Å². The number of nitroso groups, excluding NO2 is 1. The minimum Gasteiger partial charge on any atom is -0.373 e. The summed E-state index contributed by atoms with van der Waals surface area (Å²) in [5.74, 6) is 0. The van der Waals surface area contributed by atoms with Crippen LogP contribution in [-0.2, 0) is 9.47 Å². The summed E-state index contributed by atoms with van der Waals surface area (Å²) in [4.78, 5) is 10.1. The lowest BCUT2D eigenvalue weighted by molar-refractivity contribution is 0.0709. The molecule has 0 amide bonds. The Balaban J connectivity index is 2.07. The lowest BCUT2D eigenvalue weighted by Gasteiger charge is -2.06. The molecule has 0 aromatic carbocycles. The number of ether oxygens (including phenoxy) is 2. The second-order valence-corrected chi connectivity index (χ2v) is 2.67. The van der Waals surface area contributed by atoms with Crippen LogP contribution < -0.4 is 0 Å². The number of nitrogens with zero attached hydrogens (tertiary/aromatic N) is 1. The average Bonchev–Trinajstić information content (AvgIpc) is 2.44. The summed E-state index contributed by atoms with van der Waals surface area (Å²) in [6.45, 7) is 1.15. The van der Waals surface area contributed by atoms with Crippen LogP contribution in [0.15, 0.2) is 5.18 Å². The van der Waals surface area contributed by atoms with E-state index in [9.17, 15) is 4.91 Å². The van der Waals surface area contributed by atoms with Gasteiger partial charge in [0, 0.05) is 6.61 Å². The van der Waals surface area contributed by atoms with Crippen LogP contribution in [0.1, 0.15) is 6.42 Å². The molecule has 2 aliphatic rings. The molecule has 0 aliphatic carbocycles. The zero-order valence-electron chi connectivity index (χ0n) is 5.53. The Bertz CT molecular complexity index is 150. The van der Waals surface area contributed by atoms with Gasteiger partial charge < -0.3 is 9.47 Å². The molecule has 2 rings (SSSR count). The minimum atomic E-state index is -0.257. The molecule has 0 aromatic heterocycles. The summed E-state index contributed by atoms with van der Waals surface area (Å²) in [5.41, 5.74) is 0. The molecule has 1 unspecified atom stereocenters. The fourth-order valence-corrected chi connectivity index (χ4v) is 1.54. The van der Waals surface area contributed by atoms with Crippen LogP contribution in [-0.4, -0.2) is 31.5 Å². The van der Waals surface area contributed by atoms with Crippen molar-refractivity contribution in [3.8, 4) is 0 Å². The fraction of sp³-hybridized carbons (Fsp3) is 1.00. The van der Waals surface area contributed by atoms with Gasteiger partial charge in [-0.1, -0.05) is 5.18 Å². The largest absolute Gasteiger partial charge is 0.373 e. The Morgan fingerprint density at radius 2 is 2.30 bits per heavy atom. The Labute approximate surface area is 58.5 Å². The van der Waals surface area contributed by atoms with Gasteiger partial charge in [-0.25, -0.2) is 0 Å². The van der Waals surface area contributed by atoms with Crippen molar-refractivity contribution in [2.24, 2.45) is 5.18 Å². The first-order valence-corrected chi connectivity index (χ1v) is 3.47. The Hall–Kier alpha value is -0.480. The highest BCUT2D eigenvalue weighted by Gasteiger charge is 2.42. The van der Waals surface area contributed by atoms with E-state index in [1.165, 1.54) is 0 Å². The maximum Gasteiger partial charge on any atom is 0.144 e. The summed E-state index contributed by atoms with van der Waals surface area (Å²) >= 11 is 0. The van der Waals surface area contributed by atoms with Crippen molar-refractivity contribution >= 4 is 0 Å². The van der Waals surface area contributed by atoms with Gasteiger partial charge in [-0.2, -0.15) is 4.91 Å². The van der Waals surface area contributed by atoms with Gasteiger partial charge in [0.1, 0.15) is 12.1 Å². The second kappa shape index (κ2) is 2.29. The van der Waals surface area contributed by atoms with Crippen LogP contribution >= 0.6 is 0 Å². The van der Waals surface area contributed by atoms with Crippen LogP contribution in [0.2, 0.25) is 0 Å². The lowest BCUT2D eigenvalue weighted by atomic mass is 10.1. The van der Waals surface area contributed by atoms with Crippen molar-refractivity contribution in [1.29, 1.82) is 0 Å². The van der Waals surface area contributed by atoms with Gasteiger partial charge in [0.15, 0.2) is 0 Å². The summed E-state index contributed by atoms with van der Waals surface area (Å²) in [6, 6.07) is -0.257. The predicted octanol–water partition coefficient (Wildman–Crippen LogP) is 0.309. The van der Waals surface area contributed by atoms with Crippen molar-refractivity contribution in [1.82, 2.24) is 0 Å². The van der Waals surface area contributed by atoms with E-state index < -0.39 is 0 Å². The highest BCUT2D eigenvalue weighted by molar-refractivity contribution is 4.92. The molecule has 4 nitrogen and oxygen atoms in total. The van der Waals surface area contributed by atoms with Crippen LogP contribution in [0.25, 0.3) is 0 Å². The number of hydrogen-bond donors (Lipinski definition) is 0. The van der Waals surface area contributed by atoms with E-state index in [0.717, 1.165) is 6.42 Å². The number of hydrogen-bond acceptors (Lipinski definition) is 4. The maximum absolute atomic E-state index is 10.1. The van der Waals surface area contributed by atoms with E-state index in [1.807, 2.05) is 0 Å². The van der Waals surface area contributed by atoms with E-state index in [4.69, 9.17) is 9.47 Å². The molecule has 56 valence electrons. The van der Waals surface area contributed by atoms with Crippen molar-refractivity contribution < 1.29 is 9.47 Å². The summed E-state index contributed by atoms with van der Waals surface area (Å²) in [7, 11) is 0.